The highest BCUT2D eigenvalue weighted by Gasteiger charge is 2.15. The molecule has 0 saturated heterocycles. The summed E-state index contributed by atoms with van der Waals surface area (Å²) in [6.45, 7) is 6.58. The van der Waals surface area contributed by atoms with E-state index in [-0.39, 0.29) is 11.8 Å². The first-order valence-corrected chi connectivity index (χ1v) is 7.81. The first kappa shape index (κ1) is 19.1. The second-order valence-electron chi connectivity index (χ2n) is 6.42. The van der Waals surface area contributed by atoms with E-state index in [2.05, 4.69) is 10.6 Å². The van der Waals surface area contributed by atoms with Crippen molar-refractivity contribution in [3.05, 3.63) is 24.3 Å². The smallest absolute Gasteiger partial charge is 0.407 e. The van der Waals surface area contributed by atoms with E-state index in [0.29, 0.717) is 13.2 Å². The van der Waals surface area contributed by atoms with Gasteiger partial charge >= 0.3 is 6.09 Å². The maximum absolute atomic E-state index is 11.6. The van der Waals surface area contributed by atoms with Gasteiger partial charge in [-0.1, -0.05) is 6.07 Å². The van der Waals surface area contributed by atoms with E-state index in [1.165, 1.54) is 0 Å². The highest BCUT2D eigenvalue weighted by molar-refractivity contribution is 5.67. The minimum Gasteiger partial charge on any atom is -0.508 e. The summed E-state index contributed by atoms with van der Waals surface area (Å²) in [6, 6.07) is 7.07. The van der Waals surface area contributed by atoms with Crippen molar-refractivity contribution in [2.24, 2.45) is 0 Å². The van der Waals surface area contributed by atoms with Crippen molar-refractivity contribution in [1.82, 2.24) is 5.32 Å². The van der Waals surface area contributed by atoms with Gasteiger partial charge in [-0.3, -0.25) is 0 Å². The van der Waals surface area contributed by atoms with Gasteiger partial charge in [-0.25, -0.2) is 4.79 Å². The van der Waals surface area contributed by atoms with Gasteiger partial charge in [0.05, 0.1) is 6.61 Å². The van der Waals surface area contributed by atoms with Crippen LogP contribution in [0.4, 0.5) is 10.5 Å². The molecule has 0 radical (unpaired) electrons. The lowest BCUT2D eigenvalue weighted by Crippen LogP contribution is -2.33. The number of benzene rings is 1. The van der Waals surface area contributed by atoms with Crippen molar-refractivity contribution < 1.29 is 19.4 Å². The van der Waals surface area contributed by atoms with Gasteiger partial charge in [0.15, 0.2) is 0 Å². The fourth-order valence-corrected chi connectivity index (χ4v) is 2.08. The van der Waals surface area contributed by atoms with E-state index in [4.69, 9.17) is 9.47 Å². The lowest BCUT2D eigenvalue weighted by Gasteiger charge is -2.21. The van der Waals surface area contributed by atoms with E-state index in [9.17, 15) is 9.90 Å². The molecule has 0 aliphatic rings. The molecule has 0 heterocycles. The van der Waals surface area contributed by atoms with Crippen molar-refractivity contribution in [2.75, 3.05) is 25.6 Å². The Labute approximate surface area is 138 Å². The number of anilines is 1. The lowest BCUT2D eigenvalue weighted by atomic mass is 10.1. The number of aromatic hydroxyl groups is 1. The molecule has 23 heavy (non-hydrogen) atoms. The summed E-state index contributed by atoms with van der Waals surface area (Å²) >= 11 is 0. The van der Waals surface area contributed by atoms with E-state index in [1.807, 2.05) is 26.8 Å². The molecule has 0 aromatic heterocycles. The quantitative estimate of drug-likeness (QED) is 0.640. The predicted octanol–water partition coefficient (Wildman–Crippen LogP) is 3.12. The zero-order valence-corrected chi connectivity index (χ0v) is 14.4. The van der Waals surface area contributed by atoms with Crippen LogP contribution in [0.3, 0.4) is 0 Å². The number of carbonyl (C=O) groups is 1. The van der Waals surface area contributed by atoms with Gasteiger partial charge in [0, 0.05) is 31.5 Å². The van der Waals surface area contributed by atoms with E-state index >= 15 is 0 Å². The molecule has 3 N–H and O–H groups in total. The third-order valence-electron chi connectivity index (χ3n) is 2.98. The van der Waals surface area contributed by atoms with Crippen LogP contribution in [0.2, 0.25) is 0 Å². The summed E-state index contributed by atoms with van der Waals surface area (Å²) in [5.74, 6) is 0.220. The fraction of sp³-hybridized carbons (Fsp3) is 0.588. The molecule has 0 spiro atoms. The van der Waals surface area contributed by atoms with Crippen molar-refractivity contribution in [3.8, 4) is 5.75 Å². The molecule has 1 aromatic carbocycles. The van der Waals surface area contributed by atoms with Crippen molar-refractivity contribution in [1.29, 1.82) is 0 Å². The number of ether oxygens (including phenoxy) is 2. The van der Waals surface area contributed by atoms with Crippen LogP contribution in [-0.4, -0.2) is 43.1 Å². The number of amides is 1. The maximum atomic E-state index is 11.6. The maximum Gasteiger partial charge on any atom is 0.407 e. The molecular formula is C17H28N2O4. The summed E-state index contributed by atoms with van der Waals surface area (Å²) in [6.07, 6.45) is 1.21. The molecule has 0 aliphatic carbocycles. The zero-order valence-electron chi connectivity index (χ0n) is 14.4. The minimum absolute atomic E-state index is 0.0993. The highest BCUT2D eigenvalue weighted by Crippen LogP contribution is 2.17. The van der Waals surface area contributed by atoms with E-state index in [0.717, 1.165) is 18.5 Å². The van der Waals surface area contributed by atoms with Crippen molar-refractivity contribution in [2.45, 2.75) is 45.3 Å². The summed E-state index contributed by atoms with van der Waals surface area (Å²) in [5, 5.41) is 15.5. The molecule has 1 aromatic rings. The molecule has 1 atom stereocenters. The first-order valence-electron chi connectivity index (χ1n) is 7.81. The van der Waals surface area contributed by atoms with Crippen LogP contribution < -0.4 is 10.6 Å². The van der Waals surface area contributed by atoms with Crippen LogP contribution >= 0.6 is 0 Å². The Morgan fingerprint density at radius 1 is 1.35 bits per heavy atom. The van der Waals surface area contributed by atoms with Crippen LogP contribution in [0.25, 0.3) is 0 Å². The Kier molecular flexibility index (Phi) is 7.68. The summed E-state index contributed by atoms with van der Waals surface area (Å²) in [7, 11) is 1.65. The van der Waals surface area contributed by atoms with Gasteiger partial charge in [-0.15, -0.1) is 0 Å². The number of hydrogen-bond donors (Lipinski definition) is 3. The third kappa shape index (κ3) is 8.93. The van der Waals surface area contributed by atoms with Crippen LogP contribution in [0.5, 0.6) is 5.75 Å². The molecule has 6 heteroatoms. The summed E-state index contributed by atoms with van der Waals surface area (Å²) in [5.41, 5.74) is 0.353. The van der Waals surface area contributed by atoms with Gasteiger partial charge in [-0.2, -0.15) is 0 Å². The Balaban J connectivity index is 2.35. The Bertz CT molecular complexity index is 486. The monoisotopic (exact) mass is 324 g/mol. The van der Waals surface area contributed by atoms with Gasteiger partial charge in [0.1, 0.15) is 11.4 Å². The molecule has 1 amide bonds. The number of nitrogens with one attached hydrogen (secondary N) is 2. The minimum atomic E-state index is -0.487. The Morgan fingerprint density at radius 3 is 2.70 bits per heavy atom. The van der Waals surface area contributed by atoms with Gasteiger partial charge in [0.2, 0.25) is 0 Å². The molecular weight excluding hydrogens is 296 g/mol. The topological polar surface area (TPSA) is 79.8 Å². The summed E-state index contributed by atoms with van der Waals surface area (Å²) < 4.78 is 10.4. The van der Waals surface area contributed by atoms with E-state index < -0.39 is 11.7 Å². The number of carbonyl (C=O) groups excluding carboxylic acids is 1. The van der Waals surface area contributed by atoms with Crippen LogP contribution in [-0.2, 0) is 9.47 Å². The largest absolute Gasteiger partial charge is 0.508 e. The molecule has 130 valence electrons. The highest BCUT2D eigenvalue weighted by atomic mass is 16.6. The second kappa shape index (κ2) is 9.25. The zero-order chi connectivity index (χ0) is 17.3. The Hall–Kier alpha value is -1.95. The second-order valence-corrected chi connectivity index (χ2v) is 6.42. The SMILES string of the molecule is COCC(CCCNC(=O)OC(C)(C)C)Nc1cccc(O)c1. The van der Waals surface area contributed by atoms with Crippen LogP contribution in [0.1, 0.15) is 33.6 Å². The lowest BCUT2D eigenvalue weighted by molar-refractivity contribution is 0.0526. The number of phenols is 1. The molecule has 0 aliphatic heterocycles. The van der Waals surface area contributed by atoms with Crippen molar-refractivity contribution >= 4 is 11.8 Å². The molecule has 0 bridgehead atoms. The third-order valence-corrected chi connectivity index (χ3v) is 2.98. The average molecular weight is 324 g/mol. The van der Waals surface area contributed by atoms with Crippen LogP contribution in [0.15, 0.2) is 24.3 Å². The number of phenolic OH excluding ortho intramolecular Hbond substituents is 1. The van der Waals surface area contributed by atoms with Gasteiger partial charge in [0.25, 0.3) is 0 Å². The number of methoxy groups -OCH3 is 1. The number of rotatable bonds is 8. The number of hydrogen-bond acceptors (Lipinski definition) is 5. The van der Waals surface area contributed by atoms with Crippen molar-refractivity contribution in [3.63, 3.8) is 0 Å². The number of alkyl carbamates (subject to hydrolysis) is 1. The molecule has 1 rings (SSSR count). The van der Waals surface area contributed by atoms with Crippen LogP contribution in [0, 0.1) is 0 Å². The molecule has 0 saturated carbocycles. The fourth-order valence-electron chi connectivity index (χ4n) is 2.08. The molecule has 6 nitrogen and oxygen atoms in total. The standard InChI is InChI=1S/C17H28N2O4/c1-17(2,3)23-16(21)18-10-6-8-14(12-22-4)19-13-7-5-9-15(20)11-13/h5,7,9,11,14,19-20H,6,8,10,12H2,1-4H3,(H,18,21). The van der Waals surface area contributed by atoms with Gasteiger partial charge < -0.3 is 25.2 Å². The van der Waals surface area contributed by atoms with E-state index in [1.54, 1.807) is 25.3 Å². The normalized spacial score (nSPS) is 12.5. The predicted molar refractivity (Wildman–Crippen MR) is 90.9 cm³/mol. The first-order chi connectivity index (χ1) is 10.8. The average Bonchev–Trinajstić information content (AvgIpc) is 2.42. The van der Waals surface area contributed by atoms with Gasteiger partial charge in [-0.05, 0) is 45.7 Å². The molecule has 0 fully saturated rings. The molecule has 1 unspecified atom stereocenters. The Morgan fingerprint density at radius 2 is 2.09 bits per heavy atom. The summed E-state index contributed by atoms with van der Waals surface area (Å²) in [4.78, 5) is 11.6.